The predicted molar refractivity (Wildman–Crippen MR) is 93.6 cm³/mol. The van der Waals surface area contributed by atoms with Crippen LogP contribution in [0.15, 0.2) is 40.5 Å². The number of nitrogens with zero attached hydrogens (tertiary/aromatic N) is 1. The number of amides is 1. The van der Waals surface area contributed by atoms with Gasteiger partial charge in [-0.1, -0.05) is 12.1 Å². The van der Waals surface area contributed by atoms with Gasteiger partial charge in [-0.3, -0.25) is 4.79 Å². The van der Waals surface area contributed by atoms with Crippen molar-refractivity contribution >= 4 is 29.1 Å². The van der Waals surface area contributed by atoms with Crippen molar-refractivity contribution in [3.05, 3.63) is 35.5 Å². The van der Waals surface area contributed by atoms with E-state index in [1.54, 1.807) is 13.8 Å². The summed E-state index contributed by atoms with van der Waals surface area (Å²) in [7, 11) is 0. The fourth-order valence-corrected chi connectivity index (χ4v) is 2.82. The summed E-state index contributed by atoms with van der Waals surface area (Å²) in [5.74, 6) is -0.661. The molecule has 7 heteroatoms. The highest BCUT2D eigenvalue weighted by Gasteiger charge is 2.29. The van der Waals surface area contributed by atoms with E-state index in [4.69, 9.17) is 9.47 Å². The van der Waals surface area contributed by atoms with Crippen molar-refractivity contribution < 1.29 is 19.1 Å². The van der Waals surface area contributed by atoms with Crippen LogP contribution in [0.4, 0.5) is 11.4 Å². The van der Waals surface area contributed by atoms with E-state index in [9.17, 15) is 9.59 Å². The van der Waals surface area contributed by atoms with E-state index in [1.807, 2.05) is 24.3 Å². The number of para-hydroxylation sites is 2. The summed E-state index contributed by atoms with van der Waals surface area (Å²) in [6, 6.07) is 7.38. The second-order valence-electron chi connectivity index (χ2n) is 5.81. The second kappa shape index (κ2) is 7.48. The van der Waals surface area contributed by atoms with Gasteiger partial charge in [-0.05, 0) is 38.8 Å². The molecule has 3 rings (SSSR count). The van der Waals surface area contributed by atoms with Gasteiger partial charge in [0.05, 0.1) is 18.0 Å². The second-order valence-corrected chi connectivity index (χ2v) is 5.81. The first-order valence-electron chi connectivity index (χ1n) is 8.35. The highest BCUT2D eigenvalue weighted by Crippen LogP contribution is 2.30. The summed E-state index contributed by atoms with van der Waals surface area (Å²) in [5.41, 5.74) is 2.16. The molecule has 0 aliphatic carbocycles. The van der Waals surface area contributed by atoms with Gasteiger partial charge in [-0.2, -0.15) is 0 Å². The number of aliphatic imine (C=N–C) groups is 1. The van der Waals surface area contributed by atoms with Gasteiger partial charge in [0, 0.05) is 12.3 Å². The minimum Gasteiger partial charge on any atom is -0.462 e. The maximum atomic E-state index is 12.5. The number of rotatable bonds is 3. The summed E-state index contributed by atoms with van der Waals surface area (Å²) in [4.78, 5) is 29.4. The Kier molecular flexibility index (Phi) is 5.14. The van der Waals surface area contributed by atoms with Crippen LogP contribution in [0.2, 0.25) is 0 Å². The smallest absolute Gasteiger partial charge is 0.343 e. The van der Waals surface area contributed by atoms with Crippen LogP contribution in [0, 0.1) is 0 Å². The van der Waals surface area contributed by atoms with Gasteiger partial charge >= 0.3 is 5.97 Å². The average molecular weight is 343 g/mol. The number of carbonyl (C=O) groups is 2. The van der Waals surface area contributed by atoms with Crippen LogP contribution in [-0.4, -0.2) is 37.0 Å². The van der Waals surface area contributed by atoms with Gasteiger partial charge in [0.15, 0.2) is 0 Å². The normalized spacial score (nSPS) is 19.4. The number of amidine groups is 1. The van der Waals surface area contributed by atoms with Crippen molar-refractivity contribution in [3.8, 4) is 0 Å². The Balaban J connectivity index is 1.98. The monoisotopic (exact) mass is 343 g/mol. The number of allylic oxidation sites excluding steroid dienone is 1. The lowest BCUT2D eigenvalue weighted by atomic mass is 10.1. The van der Waals surface area contributed by atoms with E-state index < -0.39 is 12.1 Å². The lowest BCUT2D eigenvalue weighted by Crippen LogP contribution is -2.41. The predicted octanol–water partition coefficient (Wildman–Crippen LogP) is 2.27. The average Bonchev–Trinajstić information content (AvgIpc) is 3.07. The largest absolute Gasteiger partial charge is 0.462 e. The molecule has 7 nitrogen and oxygen atoms in total. The standard InChI is InChI=1S/C18H21N3O4/c1-3-24-18(23)15-11(2)19-12-7-4-5-8-13(12)20-16(15)21-17(22)14-9-6-10-25-14/h4-5,7-8,14,19H,3,6,9-10H2,1-2H3,(H,20,21,22). The number of hydrogen-bond acceptors (Lipinski definition) is 6. The van der Waals surface area contributed by atoms with Crippen LogP contribution in [0.25, 0.3) is 0 Å². The molecular formula is C18H21N3O4. The molecule has 1 fully saturated rings. The van der Waals surface area contributed by atoms with Gasteiger partial charge in [0.1, 0.15) is 17.5 Å². The van der Waals surface area contributed by atoms with E-state index in [-0.39, 0.29) is 23.9 Å². The number of anilines is 1. The third-order valence-corrected chi connectivity index (χ3v) is 4.01. The molecule has 132 valence electrons. The first kappa shape index (κ1) is 17.2. The fraction of sp³-hybridized carbons (Fsp3) is 0.389. The summed E-state index contributed by atoms with van der Waals surface area (Å²) in [6.07, 6.45) is 0.984. The molecule has 1 saturated heterocycles. The summed E-state index contributed by atoms with van der Waals surface area (Å²) in [6.45, 7) is 4.28. The summed E-state index contributed by atoms with van der Waals surface area (Å²) in [5, 5.41) is 5.92. The van der Waals surface area contributed by atoms with E-state index in [2.05, 4.69) is 15.6 Å². The fourth-order valence-electron chi connectivity index (χ4n) is 2.82. The molecule has 2 aliphatic rings. The molecule has 0 saturated carbocycles. The lowest BCUT2D eigenvalue weighted by Gasteiger charge is -2.15. The van der Waals surface area contributed by atoms with Crippen LogP contribution in [-0.2, 0) is 19.1 Å². The molecule has 1 amide bonds. The van der Waals surface area contributed by atoms with Gasteiger partial charge in [-0.15, -0.1) is 0 Å². The Labute approximate surface area is 146 Å². The van der Waals surface area contributed by atoms with Crippen LogP contribution >= 0.6 is 0 Å². The Morgan fingerprint density at radius 2 is 2.20 bits per heavy atom. The lowest BCUT2D eigenvalue weighted by molar-refractivity contribution is -0.137. The van der Waals surface area contributed by atoms with Crippen molar-refractivity contribution in [2.75, 3.05) is 18.5 Å². The molecule has 1 atom stereocenters. The van der Waals surface area contributed by atoms with Crippen molar-refractivity contribution in [1.82, 2.24) is 5.32 Å². The Morgan fingerprint density at radius 1 is 1.40 bits per heavy atom. The molecule has 2 heterocycles. The third kappa shape index (κ3) is 3.71. The Bertz CT molecular complexity index is 748. The van der Waals surface area contributed by atoms with Crippen molar-refractivity contribution in [3.63, 3.8) is 0 Å². The minimum absolute atomic E-state index is 0.175. The SMILES string of the molecule is CCOC(=O)C1=C(C)Nc2ccccc2N=C1NC(=O)C1CCCO1. The zero-order chi connectivity index (χ0) is 17.8. The first-order valence-corrected chi connectivity index (χ1v) is 8.35. The topological polar surface area (TPSA) is 89.0 Å². The van der Waals surface area contributed by atoms with Crippen molar-refractivity contribution in [2.24, 2.45) is 4.99 Å². The number of esters is 1. The molecule has 2 aliphatic heterocycles. The number of carbonyl (C=O) groups excluding carboxylic acids is 2. The number of benzene rings is 1. The summed E-state index contributed by atoms with van der Waals surface area (Å²) >= 11 is 0. The molecule has 1 unspecified atom stereocenters. The van der Waals surface area contributed by atoms with Crippen LogP contribution in [0.1, 0.15) is 26.7 Å². The maximum Gasteiger partial charge on any atom is 0.343 e. The molecule has 2 N–H and O–H groups in total. The zero-order valence-electron chi connectivity index (χ0n) is 14.3. The van der Waals surface area contributed by atoms with E-state index in [1.165, 1.54) is 0 Å². The third-order valence-electron chi connectivity index (χ3n) is 4.01. The van der Waals surface area contributed by atoms with E-state index >= 15 is 0 Å². The van der Waals surface area contributed by atoms with E-state index in [0.29, 0.717) is 24.4 Å². The van der Waals surface area contributed by atoms with Crippen molar-refractivity contribution in [1.29, 1.82) is 0 Å². The first-order chi connectivity index (χ1) is 12.1. The van der Waals surface area contributed by atoms with Crippen LogP contribution < -0.4 is 10.6 Å². The molecule has 0 radical (unpaired) electrons. The highest BCUT2D eigenvalue weighted by atomic mass is 16.5. The minimum atomic E-state index is -0.535. The van der Waals surface area contributed by atoms with Gasteiger partial charge in [0.25, 0.3) is 5.91 Å². The van der Waals surface area contributed by atoms with Crippen LogP contribution in [0.3, 0.4) is 0 Å². The molecule has 25 heavy (non-hydrogen) atoms. The quantitative estimate of drug-likeness (QED) is 0.822. The number of nitrogens with one attached hydrogen (secondary N) is 2. The Morgan fingerprint density at radius 3 is 2.92 bits per heavy atom. The highest BCUT2D eigenvalue weighted by molar-refractivity contribution is 6.24. The van der Waals surface area contributed by atoms with Crippen LogP contribution in [0.5, 0.6) is 0 Å². The van der Waals surface area contributed by atoms with Crippen molar-refractivity contribution in [2.45, 2.75) is 32.8 Å². The van der Waals surface area contributed by atoms with E-state index in [0.717, 1.165) is 12.1 Å². The van der Waals surface area contributed by atoms with Gasteiger partial charge in [0.2, 0.25) is 0 Å². The molecule has 0 spiro atoms. The summed E-state index contributed by atoms with van der Waals surface area (Å²) < 4.78 is 10.6. The van der Waals surface area contributed by atoms with Gasteiger partial charge in [-0.25, -0.2) is 9.79 Å². The number of hydrogen-bond donors (Lipinski definition) is 2. The maximum absolute atomic E-state index is 12.5. The molecule has 1 aromatic carbocycles. The zero-order valence-corrected chi connectivity index (χ0v) is 14.3. The molecular weight excluding hydrogens is 322 g/mol. The number of ether oxygens (including phenoxy) is 2. The number of fused-ring (bicyclic) bond motifs is 1. The van der Waals surface area contributed by atoms with Gasteiger partial charge < -0.3 is 20.1 Å². The molecule has 0 bridgehead atoms. The molecule has 1 aromatic rings. The Hall–Kier alpha value is -2.67. The molecule has 0 aromatic heterocycles.